The summed E-state index contributed by atoms with van der Waals surface area (Å²) in [7, 11) is 0. The summed E-state index contributed by atoms with van der Waals surface area (Å²) in [5.41, 5.74) is 2.75. The minimum Gasteiger partial charge on any atom is -0.309 e. The van der Waals surface area contributed by atoms with Crippen LogP contribution in [0.5, 0.6) is 0 Å². The maximum absolute atomic E-state index is 3.70. The number of aryl methyl sites for hydroxylation is 1. The Balaban J connectivity index is 2.69. The molecule has 1 rings (SSSR count). The normalized spacial score (nSPS) is 12.8. The summed E-state index contributed by atoms with van der Waals surface area (Å²) in [4.78, 5) is 2.57. The van der Waals surface area contributed by atoms with Gasteiger partial charge in [-0.05, 0) is 45.0 Å². The topological polar surface area (TPSA) is 15.3 Å². The van der Waals surface area contributed by atoms with E-state index >= 15 is 0 Å². The lowest BCUT2D eigenvalue weighted by Crippen LogP contribution is -2.36. The molecule has 0 aliphatic heterocycles. The fourth-order valence-electron chi connectivity index (χ4n) is 2.42. The number of hydrogen-bond acceptors (Lipinski definition) is 2. The Morgan fingerprint density at radius 1 is 1.05 bits per heavy atom. The van der Waals surface area contributed by atoms with E-state index in [1.54, 1.807) is 0 Å². The van der Waals surface area contributed by atoms with Crippen molar-refractivity contribution in [2.24, 2.45) is 0 Å². The highest BCUT2D eigenvalue weighted by molar-refractivity contribution is 5.24. The van der Waals surface area contributed by atoms with Crippen molar-refractivity contribution in [1.82, 2.24) is 10.2 Å². The van der Waals surface area contributed by atoms with E-state index in [-0.39, 0.29) is 0 Å². The van der Waals surface area contributed by atoms with Crippen molar-refractivity contribution in [3.05, 3.63) is 35.4 Å². The molecule has 0 amide bonds. The summed E-state index contributed by atoms with van der Waals surface area (Å²) >= 11 is 0. The third kappa shape index (κ3) is 6.06. The first-order chi connectivity index (χ1) is 9.71. The molecule has 0 fully saturated rings. The van der Waals surface area contributed by atoms with Gasteiger partial charge in [0.2, 0.25) is 0 Å². The van der Waals surface area contributed by atoms with Gasteiger partial charge in [-0.25, -0.2) is 0 Å². The molecule has 0 aliphatic rings. The quantitative estimate of drug-likeness (QED) is 0.690. The number of nitrogens with zero attached hydrogens (tertiary/aromatic N) is 1. The van der Waals surface area contributed by atoms with E-state index in [4.69, 9.17) is 0 Å². The highest BCUT2D eigenvalue weighted by Gasteiger charge is 2.14. The van der Waals surface area contributed by atoms with Gasteiger partial charge in [0.15, 0.2) is 0 Å². The van der Waals surface area contributed by atoms with E-state index < -0.39 is 0 Å². The smallest absolute Gasteiger partial charge is 0.0449 e. The molecular formula is C18H32N2. The Bertz CT molecular complexity index is 345. The van der Waals surface area contributed by atoms with E-state index in [2.05, 4.69) is 62.2 Å². The lowest BCUT2D eigenvalue weighted by atomic mass is 10.0. The Kier molecular flexibility index (Phi) is 8.56. The number of hydrogen-bond donors (Lipinski definition) is 1. The summed E-state index contributed by atoms with van der Waals surface area (Å²) in [6.07, 6.45) is 3.75. The van der Waals surface area contributed by atoms with Gasteiger partial charge >= 0.3 is 0 Å². The van der Waals surface area contributed by atoms with Gasteiger partial charge in [-0.1, -0.05) is 57.0 Å². The summed E-state index contributed by atoms with van der Waals surface area (Å²) in [5, 5.41) is 3.70. The molecule has 1 unspecified atom stereocenters. The number of nitrogens with one attached hydrogen (secondary N) is 1. The highest BCUT2D eigenvalue weighted by Crippen LogP contribution is 2.16. The first-order valence-electron chi connectivity index (χ1n) is 8.23. The predicted molar refractivity (Wildman–Crippen MR) is 89.2 cm³/mol. The molecule has 1 aromatic carbocycles. The van der Waals surface area contributed by atoms with Crippen LogP contribution in [-0.2, 0) is 0 Å². The lowest BCUT2D eigenvalue weighted by molar-refractivity contribution is 0.250. The van der Waals surface area contributed by atoms with Crippen LogP contribution in [0, 0.1) is 6.92 Å². The Labute approximate surface area is 125 Å². The molecule has 0 saturated carbocycles. The number of benzene rings is 1. The Morgan fingerprint density at radius 2 is 1.75 bits per heavy atom. The molecule has 0 spiro atoms. The first kappa shape index (κ1) is 17.2. The lowest BCUT2D eigenvalue weighted by Gasteiger charge is -2.27. The minimum absolute atomic E-state index is 0.451. The van der Waals surface area contributed by atoms with E-state index in [0.717, 1.165) is 19.6 Å². The third-order valence-electron chi connectivity index (χ3n) is 3.84. The molecule has 1 aromatic rings. The maximum Gasteiger partial charge on any atom is 0.0449 e. The van der Waals surface area contributed by atoms with Gasteiger partial charge in [-0.3, -0.25) is 0 Å². The zero-order chi connectivity index (χ0) is 14.8. The van der Waals surface area contributed by atoms with Crippen molar-refractivity contribution in [1.29, 1.82) is 0 Å². The van der Waals surface area contributed by atoms with Crippen LogP contribution < -0.4 is 5.32 Å². The van der Waals surface area contributed by atoms with Crippen molar-refractivity contribution in [3.63, 3.8) is 0 Å². The molecule has 0 bridgehead atoms. The zero-order valence-electron chi connectivity index (χ0n) is 13.8. The number of unbranched alkanes of at least 4 members (excludes halogenated alkanes) is 1. The maximum atomic E-state index is 3.70. The molecule has 2 heteroatoms. The van der Waals surface area contributed by atoms with E-state index in [1.807, 2.05) is 0 Å². The standard InChI is InChI=1S/C18H32N2/c1-5-8-14-20(7-3)15-18(19-13-6-2)17-11-9-16(4)10-12-17/h9-12,18-19H,5-8,13-15H2,1-4H3. The third-order valence-corrected chi connectivity index (χ3v) is 3.84. The first-order valence-corrected chi connectivity index (χ1v) is 8.23. The van der Waals surface area contributed by atoms with Gasteiger partial charge in [0, 0.05) is 12.6 Å². The fraction of sp³-hybridized carbons (Fsp3) is 0.667. The monoisotopic (exact) mass is 276 g/mol. The van der Waals surface area contributed by atoms with Crippen LogP contribution in [0.15, 0.2) is 24.3 Å². The second-order valence-electron chi connectivity index (χ2n) is 5.66. The van der Waals surface area contributed by atoms with Crippen LogP contribution in [0.3, 0.4) is 0 Å². The van der Waals surface area contributed by atoms with E-state index in [0.29, 0.717) is 6.04 Å². The molecule has 114 valence electrons. The molecule has 0 radical (unpaired) electrons. The van der Waals surface area contributed by atoms with Gasteiger partial charge < -0.3 is 10.2 Å². The van der Waals surface area contributed by atoms with Crippen LogP contribution in [0.4, 0.5) is 0 Å². The second-order valence-corrected chi connectivity index (χ2v) is 5.66. The van der Waals surface area contributed by atoms with Crippen molar-refractivity contribution in [3.8, 4) is 0 Å². The summed E-state index contributed by atoms with van der Waals surface area (Å²) in [5.74, 6) is 0. The van der Waals surface area contributed by atoms with Gasteiger partial charge in [0.05, 0.1) is 0 Å². The van der Waals surface area contributed by atoms with Crippen molar-refractivity contribution in [2.75, 3.05) is 26.2 Å². The zero-order valence-corrected chi connectivity index (χ0v) is 13.8. The molecule has 0 aromatic heterocycles. The van der Waals surface area contributed by atoms with Crippen LogP contribution in [-0.4, -0.2) is 31.1 Å². The molecule has 0 saturated heterocycles. The minimum atomic E-state index is 0.451. The van der Waals surface area contributed by atoms with Gasteiger partial charge in [-0.15, -0.1) is 0 Å². The van der Waals surface area contributed by atoms with E-state index in [9.17, 15) is 0 Å². The molecule has 0 aliphatic carbocycles. The fourth-order valence-corrected chi connectivity index (χ4v) is 2.42. The molecule has 1 N–H and O–H groups in total. The van der Waals surface area contributed by atoms with Crippen LogP contribution in [0.25, 0.3) is 0 Å². The van der Waals surface area contributed by atoms with E-state index in [1.165, 1.54) is 36.9 Å². The van der Waals surface area contributed by atoms with Gasteiger partial charge in [-0.2, -0.15) is 0 Å². The molecule has 0 heterocycles. The Hall–Kier alpha value is -0.860. The van der Waals surface area contributed by atoms with Crippen LogP contribution >= 0.6 is 0 Å². The molecule has 20 heavy (non-hydrogen) atoms. The van der Waals surface area contributed by atoms with Gasteiger partial charge in [0.25, 0.3) is 0 Å². The van der Waals surface area contributed by atoms with Crippen molar-refractivity contribution < 1.29 is 0 Å². The number of likely N-dealkylation sites (N-methyl/N-ethyl adjacent to an activating group) is 1. The summed E-state index contributed by atoms with van der Waals surface area (Å²) in [6, 6.07) is 9.44. The summed E-state index contributed by atoms with van der Waals surface area (Å²) < 4.78 is 0. The molecule has 1 atom stereocenters. The van der Waals surface area contributed by atoms with Gasteiger partial charge in [0.1, 0.15) is 0 Å². The summed E-state index contributed by atoms with van der Waals surface area (Å²) in [6.45, 7) is 13.5. The van der Waals surface area contributed by atoms with Crippen molar-refractivity contribution >= 4 is 0 Å². The average Bonchev–Trinajstić information content (AvgIpc) is 2.48. The predicted octanol–water partition coefficient (Wildman–Crippen LogP) is 4.16. The highest BCUT2D eigenvalue weighted by atomic mass is 15.1. The average molecular weight is 276 g/mol. The Morgan fingerprint density at radius 3 is 2.30 bits per heavy atom. The second kappa shape index (κ2) is 9.95. The van der Waals surface area contributed by atoms with Crippen LogP contribution in [0.1, 0.15) is 57.2 Å². The SMILES string of the molecule is CCCCN(CC)CC(NCCC)c1ccc(C)cc1. The molecule has 2 nitrogen and oxygen atoms in total. The van der Waals surface area contributed by atoms with Crippen LogP contribution in [0.2, 0.25) is 0 Å². The molecular weight excluding hydrogens is 244 g/mol. The van der Waals surface area contributed by atoms with Crippen molar-refractivity contribution in [2.45, 2.75) is 53.0 Å². The number of rotatable bonds is 10. The largest absolute Gasteiger partial charge is 0.309 e.